The van der Waals surface area contributed by atoms with Crippen LogP contribution < -0.4 is 0 Å². The summed E-state index contributed by atoms with van der Waals surface area (Å²) in [5.74, 6) is 0.930. The van der Waals surface area contributed by atoms with Gasteiger partial charge in [0.05, 0.1) is 26.0 Å². The number of rotatable bonds is 4. The third-order valence-corrected chi connectivity index (χ3v) is 3.31. The Morgan fingerprint density at radius 2 is 2.22 bits per heavy atom. The van der Waals surface area contributed by atoms with Crippen LogP contribution in [0.15, 0.2) is 0 Å². The first kappa shape index (κ1) is 13.1. The normalized spacial score (nSPS) is 17.6. The Balaban J connectivity index is 2.30. The molecule has 1 aliphatic heterocycles. The molecule has 0 amide bonds. The number of carbonyl (C=O) groups excluding carboxylic acids is 1. The predicted molar refractivity (Wildman–Crippen MR) is 66.4 cm³/mol. The molecule has 1 fully saturated rings. The van der Waals surface area contributed by atoms with Gasteiger partial charge >= 0.3 is 5.97 Å². The van der Waals surface area contributed by atoms with E-state index in [-0.39, 0.29) is 5.97 Å². The van der Waals surface area contributed by atoms with Gasteiger partial charge in [0.2, 0.25) is 0 Å². The lowest BCUT2D eigenvalue weighted by atomic mass is 9.85. The molecule has 0 unspecified atom stereocenters. The summed E-state index contributed by atoms with van der Waals surface area (Å²) in [5, 5.41) is 0. The van der Waals surface area contributed by atoms with Gasteiger partial charge in [-0.25, -0.2) is 4.98 Å². The Morgan fingerprint density at radius 1 is 1.56 bits per heavy atom. The summed E-state index contributed by atoms with van der Waals surface area (Å²) in [6, 6.07) is 0. The minimum absolute atomic E-state index is 0.279. The molecule has 2 heterocycles. The summed E-state index contributed by atoms with van der Waals surface area (Å²) in [4.78, 5) is 19.7. The molecule has 0 atom stereocenters. The van der Waals surface area contributed by atoms with E-state index in [2.05, 4.69) is 23.8 Å². The van der Waals surface area contributed by atoms with Crippen LogP contribution in [0.4, 0.5) is 0 Å². The van der Waals surface area contributed by atoms with Crippen molar-refractivity contribution in [3.8, 4) is 0 Å². The van der Waals surface area contributed by atoms with E-state index in [1.807, 2.05) is 6.92 Å². The van der Waals surface area contributed by atoms with E-state index >= 15 is 0 Å². The molecule has 0 radical (unpaired) electrons. The topological polar surface area (TPSA) is 64.2 Å². The maximum absolute atomic E-state index is 11.9. The Morgan fingerprint density at radius 3 is 2.67 bits per heavy atom. The number of ether oxygens (including phenoxy) is 2. The zero-order chi connectivity index (χ0) is 13.3. The van der Waals surface area contributed by atoms with E-state index in [1.165, 1.54) is 7.11 Å². The summed E-state index contributed by atoms with van der Waals surface area (Å²) in [6.45, 7) is 6.97. The maximum Gasteiger partial charge on any atom is 0.324 e. The van der Waals surface area contributed by atoms with Crippen LogP contribution in [0.3, 0.4) is 0 Å². The van der Waals surface area contributed by atoms with Crippen LogP contribution in [0.25, 0.3) is 0 Å². The number of nitrogens with zero attached hydrogens (tertiary/aromatic N) is 1. The van der Waals surface area contributed by atoms with Crippen LogP contribution in [0, 0.1) is 12.8 Å². The zero-order valence-corrected chi connectivity index (χ0v) is 11.4. The molecule has 18 heavy (non-hydrogen) atoms. The fourth-order valence-electron chi connectivity index (χ4n) is 2.16. The Bertz CT molecular complexity index is 447. The van der Waals surface area contributed by atoms with Gasteiger partial charge in [0.15, 0.2) is 5.41 Å². The van der Waals surface area contributed by atoms with E-state index in [4.69, 9.17) is 9.47 Å². The van der Waals surface area contributed by atoms with Gasteiger partial charge in [0.25, 0.3) is 0 Å². The van der Waals surface area contributed by atoms with Crippen LogP contribution in [0.2, 0.25) is 0 Å². The van der Waals surface area contributed by atoms with Gasteiger partial charge in [0.1, 0.15) is 5.82 Å². The highest BCUT2D eigenvalue weighted by Gasteiger charge is 2.51. The lowest BCUT2D eigenvalue weighted by Crippen LogP contribution is -2.54. The number of hydrogen-bond donors (Lipinski definition) is 1. The molecule has 1 aromatic rings. The van der Waals surface area contributed by atoms with Crippen LogP contribution in [-0.2, 0) is 26.1 Å². The Hall–Kier alpha value is -1.36. The van der Waals surface area contributed by atoms with E-state index < -0.39 is 5.41 Å². The van der Waals surface area contributed by atoms with E-state index in [1.54, 1.807) is 0 Å². The van der Waals surface area contributed by atoms with Gasteiger partial charge < -0.3 is 14.5 Å². The monoisotopic (exact) mass is 252 g/mol. The van der Waals surface area contributed by atoms with Gasteiger partial charge in [-0.2, -0.15) is 0 Å². The molecule has 100 valence electrons. The number of carbonyl (C=O) groups is 1. The second-order valence-corrected chi connectivity index (χ2v) is 5.32. The number of aromatic amines is 1. The number of hydrogen-bond acceptors (Lipinski definition) is 4. The van der Waals surface area contributed by atoms with Crippen molar-refractivity contribution in [2.45, 2.75) is 32.6 Å². The summed E-state index contributed by atoms with van der Waals surface area (Å²) < 4.78 is 10.0. The Kier molecular flexibility index (Phi) is 3.43. The summed E-state index contributed by atoms with van der Waals surface area (Å²) in [7, 11) is 1.40. The number of aromatic nitrogens is 2. The van der Waals surface area contributed by atoms with Crippen LogP contribution in [0.1, 0.15) is 31.1 Å². The molecule has 1 aliphatic rings. The molecular weight excluding hydrogens is 232 g/mol. The number of aryl methyl sites for hydroxylation is 1. The third-order valence-electron chi connectivity index (χ3n) is 3.31. The predicted octanol–water partition coefficient (Wildman–Crippen LogP) is 1.36. The first-order valence-electron chi connectivity index (χ1n) is 6.21. The molecule has 1 saturated heterocycles. The van der Waals surface area contributed by atoms with Gasteiger partial charge in [-0.1, -0.05) is 13.8 Å². The van der Waals surface area contributed by atoms with Gasteiger partial charge in [-0.15, -0.1) is 0 Å². The Labute approximate surface area is 107 Å². The van der Waals surface area contributed by atoms with Crippen LogP contribution in [-0.4, -0.2) is 36.3 Å². The highest BCUT2D eigenvalue weighted by Crippen LogP contribution is 2.32. The quantitative estimate of drug-likeness (QED) is 0.822. The second kappa shape index (κ2) is 4.72. The third kappa shape index (κ3) is 2.03. The van der Waals surface area contributed by atoms with Crippen LogP contribution >= 0.6 is 0 Å². The molecule has 0 bridgehead atoms. The lowest BCUT2D eigenvalue weighted by Gasteiger charge is -2.36. The maximum atomic E-state index is 11.9. The standard InChI is InChI=1S/C13H20N2O3/c1-8(2)5-10-9(3)14-11(15-10)13(6-18-7-13)12(16)17-4/h8H,5-7H2,1-4H3,(H,14,15). The minimum atomic E-state index is -0.727. The zero-order valence-electron chi connectivity index (χ0n) is 11.4. The number of nitrogens with one attached hydrogen (secondary N) is 1. The van der Waals surface area contributed by atoms with Crippen molar-refractivity contribution in [2.75, 3.05) is 20.3 Å². The van der Waals surface area contributed by atoms with E-state index in [0.717, 1.165) is 17.8 Å². The highest BCUT2D eigenvalue weighted by atomic mass is 16.5. The molecule has 1 N–H and O–H groups in total. The van der Waals surface area contributed by atoms with Gasteiger partial charge in [-0.3, -0.25) is 4.79 Å². The molecular formula is C13H20N2O3. The average Bonchev–Trinajstić information content (AvgIpc) is 2.57. The summed E-state index contributed by atoms with van der Waals surface area (Å²) in [6.07, 6.45) is 0.903. The van der Waals surface area contributed by atoms with Crippen molar-refractivity contribution < 1.29 is 14.3 Å². The molecule has 5 nitrogen and oxygen atoms in total. The van der Waals surface area contributed by atoms with Gasteiger partial charge in [0, 0.05) is 5.69 Å². The van der Waals surface area contributed by atoms with Gasteiger partial charge in [-0.05, 0) is 19.3 Å². The molecule has 0 spiro atoms. The molecule has 5 heteroatoms. The minimum Gasteiger partial charge on any atom is -0.468 e. The molecule has 1 aromatic heterocycles. The summed E-state index contributed by atoms with van der Waals surface area (Å²) in [5.41, 5.74) is 1.32. The first-order valence-corrected chi connectivity index (χ1v) is 6.21. The lowest BCUT2D eigenvalue weighted by molar-refractivity contribution is -0.167. The highest BCUT2D eigenvalue weighted by molar-refractivity contribution is 5.83. The average molecular weight is 252 g/mol. The van der Waals surface area contributed by atoms with Crippen LogP contribution in [0.5, 0.6) is 0 Å². The smallest absolute Gasteiger partial charge is 0.324 e. The van der Waals surface area contributed by atoms with Crippen molar-refractivity contribution >= 4 is 5.97 Å². The molecule has 2 rings (SSSR count). The number of esters is 1. The van der Waals surface area contributed by atoms with Crippen molar-refractivity contribution in [2.24, 2.45) is 5.92 Å². The SMILES string of the molecule is COC(=O)C1(c2nc(CC(C)C)c(C)[nH]2)COC1. The van der Waals surface area contributed by atoms with E-state index in [0.29, 0.717) is 25.0 Å². The fourth-order valence-corrected chi connectivity index (χ4v) is 2.16. The molecule has 0 aliphatic carbocycles. The van der Waals surface area contributed by atoms with Crippen molar-refractivity contribution in [1.82, 2.24) is 9.97 Å². The number of H-pyrrole nitrogens is 1. The largest absolute Gasteiger partial charge is 0.468 e. The fraction of sp³-hybridized carbons (Fsp3) is 0.692. The van der Waals surface area contributed by atoms with E-state index in [9.17, 15) is 4.79 Å². The number of imidazole rings is 1. The number of methoxy groups -OCH3 is 1. The second-order valence-electron chi connectivity index (χ2n) is 5.32. The molecule has 0 aromatic carbocycles. The van der Waals surface area contributed by atoms with Crippen molar-refractivity contribution in [1.29, 1.82) is 0 Å². The van der Waals surface area contributed by atoms with Crippen molar-refractivity contribution in [3.05, 3.63) is 17.2 Å². The van der Waals surface area contributed by atoms with Crippen molar-refractivity contribution in [3.63, 3.8) is 0 Å². The molecule has 0 saturated carbocycles. The summed E-state index contributed by atoms with van der Waals surface area (Å²) >= 11 is 0. The first-order chi connectivity index (χ1) is 8.49.